The van der Waals surface area contributed by atoms with Crippen LogP contribution in [0.2, 0.25) is 10.0 Å². The van der Waals surface area contributed by atoms with Gasteiger partial charge in [0.1, 0.15) is 0 Å². The van der Waals surface area contributed by atoms with Crippen LogP contribution in [0.3, 0.4) is 0 Å². The lowest BCUT2D eigenvalue weighted by Crippen LogP contribution is -2.02. The Kier molecular flexibility index (Phi) is 5.30. The quantitative estimate of drug-likeness (QED) is 0.589. The Morgan fingerprint density at radius 3 is 2.42 bits per heavy atom. The summed E-state index contributed by atoms with van der Waals surface area (Å²) in [7, 11) is 0. The summed E-state index contributed by atoms with van der Waals surface area (Å²) in [6.07, 6.45) is 0.836. The van der Waals surface area contributed by atoms with Gasteiger partial charge in [-0.05, 0) is 36.8 Å². The molecule has 0 fully saturated rings. The molecule has 0 saturated heterocycles. The van der Waals surface area contributed by atoms with Gasteiger partial charge < -0.3 is 5.73 Å². The third-order valence-corrected chi connectivity index (χ3v) is 4.94. The van der Waals surface area contributed by atoms with Gasteiger partial charge in [0.2, 0.25) is 0 Å². The Balaban J connectivity index is 2.29. The van der Waals surface area contributed by atoms with Gasteiger partial charge >= 0.3 is 0 Å². The number of aromatic nitrogens is 2. The maximum Gasteiger partial charge on any atom is 0.0840 e. The van der Waals surface area contributed by atoms with Crippen molar-refractivity contribution in [1.29, 1.82) is 0 Å². The van der Waals surface area contributed by atoms with Crippen LogP contribution in [0.15, 0.2) is 46.9 Å². The van der Waals surface area contributed by atoms with E-state index in [1.54, 1.807) is 6.07 Å². The van der Waals surface area contributed by atoms with Crippen molar-refractivity contribution in [2.24, 2.45) is 5.73 Å². The molecule has 3 aromatic rings. The van der Waals surface area contributed by atoms with E-state index in [0.717, 1.165) is 39.1 Å². The largest absolute Gasteiger partial charge is 0.325 e. The van der Waals surface area contributed by atoms with Crippen LogP contribution < -0.4 is 5.73 Å². The number of hydrogen-bond acceptors (Lipinski definition) is 2. The Hall–Kier alpha value is -1.33. The fourth-order valence-electron chi connectivity index (χ4n) is 2.76. The maximum atomic E-state index is 6.41. The summed E-state index contributed by atoms with van der Waals surface area (Å²) in [6, 6.07) is 13.5. The fraction of sp³-hybridized carbons (Fsp3) is 0.167. The molecule has 6 heteroatoms. The van der Waals surface area contributed by atoms with Crippen molar-refractivity contribution < 1.29 is 0 Å². The normalized spacial score (nSPS) is 11.0. The predicted molar refractivity (Wildman–Crippen MR) is 104 cm³/mol. The number of nitrogens with zero attached hydrogens (tertiary/aromatic N) is 2. The standard InChI is InChI=1S/C18H16BrCl2N3/c1-2-14-16(10-22)23-24(17-8-7-13(20)9-15(17)21)18(14)11-3-5-12(19)6-4-11/h3-9H,2,10,22H2,1H3. The van der Waals surface area contributed by atoms with Gasteiger partial charge in [0, 0.05) is 27.2 Å². The Morgan fingerprint density at radius 1 is 1.12 bits per heavy atom. The minimum Gasteiger partial charge on any atom is -0.325 e. The second-order valence-electron chi connectivity index (χ2n) is 5.35. The van der Waals surface area contributed by atoms with E-state index >= 15 is 0 Å². The van der Waals surface area contributed by atoms with Crippen LogP contribution in [0.5, 0.6) is 0 Å². The molecule has 0 amide bonds. The topological polar surface area (TPSA) is 43.8 Å². The first-order valence-electron chi connectivity index (χ1n) is 7.57. The average molecular weight is 425 g/mol. The molecular weight excluding hydrogens is 409 g/mol. The van der Waals surface area contributed by atoms with Crippen LogP contribution in [0.4, 0.5) is 0 Å². The van der Waals surface area contributed by atoms with Crippen LogP contribution >= 0.6 is 39.1 Å². The lowest BCUT2D eigenvalue weighted by molar-refractivity contribution is 0.837. The van der Waals surface area contributed by atoms with Crippen LogP contribution in [0.1, 0.15) is 18.2 Å². The first-order valence-corrected chi connectivity index (χ1v) is 9.12. The minimum absolute atomic E-state index is 0.380. The number of hydrogen-bond donors (Lipinski definition) is 1. The summed E-state index contributed by atoms with van der Waals surface area (Å²) < 4.78 is 2.89. The molecule has 0 radical (unpaired) electrons. The van der Waals surface area contributed by atoms with Crippen molar-refractivity contribution in [3.8, 4) is 16.9 Å². The van der Waals surface area contributed by atoms with Gasteiger partial charge in [-0.15, -0.1) is 0 Å². The predicted octanol–water partition coefficient (Wildman–Crippen LogP) is 5.63. The molecule has 0 saturated carbocycles. The molecule has 1 aromatic heterocycles. The van der Waals surface area contributed by atoms with Crippen LogP contribution in [-0.2, 0) is 13.0 Å². The summed E-state index contributed by atoms with van der Waals surface area (Å²) in [5.74, 6) is 0. The zero-order chi connectivity index (χ0) is 17.3. The summed E-state index contributed by atoms with van der Waals surface area (Å²) in [4.78, 5) is 0. The summed E-state index contributed by atoms with van der Waals surface area (Å²) in [5, 5.41) is 5.86. The van der Waals surface area contributed by atoms with E-state index < -0.39 is 0 Å². The minimum atomic E-state index is 0.380. The van der Waals surface area contributed by atoms with E-state index in [-0.39, 0.29) is 0 Å². The molecule has 124 valence electrons. The van der Waals surface area contributed by atoms with E-state index in [4.69, 9.17) is 34.0 Å². The molecule has 0 atom stereocenters. The third kappa shape index (κ3) is 3.24. The lowest BCUT2D eigenvalue weighted by Gasteiger charge is -2.11. The molecule has 3 rings (SSSR count). The van der Waals surface area contributed by atoms with Crippen LogP contribution in [-0.4, -0.2) is 9.78 Å². The fourth-order valence-corrected chi connectivity index (χ4v) is 3.52. The van der Waals surface area contributed by atoms with Crippen molar-refractivity contribution in [2.75, 3.05) is 0 Å². The molecule has 0 spiro atoms. The molecule has 0 aliphatic carbocycles. The molecule has 0 aliphatic heterocycles. The van der Waals surface area contributed by atoms with Gasteiger partial charge in [-0.3, -0.25) is 0 Å². The van der Waals surface area contributed by atoms with Crippen molar-refractivity contribution in [1.82, 2.24) is 9.78 Å². The third-order valence-electron chi connectivity index (χ3n) is 3.87. The molecular formula is C18H16BrCl2N3. The zero-order valence-corrected chi connectivity index (χ0v) is 16.2. The number of nitrogens with two attached hydrogens (primary N) is 1. The molecule has 2 N–H and O–H groups in total. The molecule has 0 aliphatic rings. The van der Waals surface area contributed by atoms with Gasteiger partial charge in [0.15, 0.2) is 0 Å². The highest BCUT2D eigenvalue weighted by molar-refractivity contribution is 9.10. The van der Waals surface area contributed by atoms with E-state index in [0.29, 0.717) is 16.6 Å². The molecule has 24 heavy (non-hydrogen) atoms. The lowest BCUT2D eigenvalue weighted by atomic mass is 10.0. The highest BCUT2D eigenvalue weighted by Crippen LogP contribution is 2.33. The van der Waals surface area contributed by atoms with Gasteiger partial charge in [-0.25, -0.2) is 4.68 Å². The Labute approximate surface area is 159 Å². The number of benzene rings is 2. The number of halogens is 3. The molecule has 0 bridgehead atoms. The zero-order valence-electron chi connectivity index (χ0n) is 13.1. The summed E-state index contributed by atoms with van der Waals surface area (Å²) in [6.45, 7) is 2.48. The first kappa shape index (κ1) is 17.5. The second-order valence-corrected chi connectivity index (χ2v) is 7.11. The van der Waals surface area contributed by atoms with Crippen molar-refractivity contribution in [2.45, 2.75) is 19.9 Å². The van der Waals surface area contributed by atoms with E-state index in [1.165, 1.54) is 0 Å². The summed E-state index contributed by atoms with van der Waals surface area (Å²) in [5.41, 5.74) is 10.8. The van der Waals surface area contributed by atoms with Gasteiger partial charge in [0.05, 0.1) is 22.1 Å². The van der Waals surface area contributed by atoms with Crippen LogP contribution in [0.25, 0.3) is 16.9 Å². The molecule has 1 heterocycles. The average Bonchev–Trinajstić information content (AvgIpc) is 2.94. The van der Waals surface area contributed by atoms with Gasteiger partial charge in [-0.1, -0.05) is 58.2 Å². The van der Waals surface area contributed by atoms with E-state index in [1.807, 2.05) is 28.9 Å². The van der Waals surface area contributed by atoms with E-state index in [9.17, 15) is 0 Å². The molecule has 0 unspecified atom stereocenters. The van der Waals surface area contributed by atoms with Crippen LogP contribution in [0, 0.1) is 0 Å². The van der Waals surface area contributed by atoms with Gasteiger partial charge in [-0.2, -0.15) is 5.10 Å². The van der Waals surface area contributed by atoms with Crippen molar-refractivity contribution >= 4 is 39.1 Å². The van der Waals surface area contributed by atoms with Crippen molar-refractivity contribution in [3.63, 3.8) is 0 Å². The van der Waals surface area contributed by atoms with Crippen molar-refractivity contribution in [3.05, 3.63) is 68.2 Å². The highest BCUT2D eigenvalue weighted by atomic mass is 79.9. The molecule has 3 nitrogen and oxygen atoms in total. The second kappa shape index (κ2) is 7.28. The highest BCUT2D eigenvalue weighted by Gasteiger charge is 2.19. The molecule has 2 aromatic carbocycles. The Morgan fingerprint density at radius 2 is 1.83 bits per heavy atom. The summed E-state index contributed by atoms with van der Waals surface area (Å²) >= 11 is 15.9. The monoisotopic (exact) mass is 423 g/mol. The Bertz CT molecular complexity index is 873. The smallest absolute Gasteiger partial charge is 0.0840 e. The van der Waals surface area contributed by atoms with Gasteiger partial charge in [0.25, 0.3) is 0 Å². The SMILES string of the molecule is CCc1c(CN)nn(-c2ccc(Cl)cc2Cl)c1-c1ccc(Br)cc1. The van der Waals surface area contributed by atoms with E-state index in [2.05, 4.69) is 35.0 Å². The maximum absolute atomic E-state index is 6.41. The first-order chi connectivity index (χ1) is 11.5. The number of rotatable bonds is 4.